The van der Waals surface area contributed by atoms with E-state index in [4.69, 9.17) is 0 Å². The summed E-state index contributed by atoms with van der Waals surface area (Å²) in [4.78, 5) is 22.2. The van der Waals surface area contributed by atoms with Crippen molar-refractivity contribution < 1.29 is 38.4 Å². The molecule has 0 unspecified atom stereocenters. The Kier molecular flexibility index (Phi) is 25.1. The third-order valence-corrected chi connectivity index (χ3v) is 15.2. The summed E-state index contributed by atoms with van der Waals surface area (Å²) in [5.74, 6) is -3.41. The second kappa shape index (κ2) is 19.2. The molecule has 0 amide bonds. The molecule has 0 aromatic carbocycles. The molecular weight excluding hydrogens is 464 g/mol. The molecule has 0 saturated heterocycles. The maximum Gasteiger partial charge on any atom is 2.00 e. The summed E-state index contributed by atoms with van der Waals surface area (Å²) >= 11 is 4.33. The average Bonchev–Trinajstić information content (AvgIpc) is 2.48. The standard InChI is InChI=1S/2C6H15O2PS2.Zn/c2*1-3-5-10-9(7,8)11-6-4-2;/h2*3-6H2,1-2H3,(H,7,8);/q;;+2/p-2. The Hall–Kier alpha value is 2.40. The molecule has 0 bridgehead atoms. The van der Waals surface area contributed by atoms with Crippen molar-refractivity contribution >= 4 is 57.1 Å². The molecule has 0 heterocycles. The van der Waals surface area contributed by atoms with Gasteiger partial charge in [-0.25, -0.2) is 0 Å². The van der Waals surface area contributed by atoms with Gasteiger partial charge in [0.2, 0.25) is 0 Å². The molecule has 0 aliphatic rings. The van der Waals surface area contributed by atoms with Gasteiger partial charge in [0.25, 0.3) is 0 Å². The van der Waals surface area contributed by atoms with Gasteiger partial charge in [-0.15, -0.1) is 45.5 Å². The van der Waals surface area contributed by atoms with E-state index in [2.05, 4.69) is 0 Å². The van der Waals surface area contributed by atoms with E-state index >= 15 is 0 Å². The van der Waals surface area contributed by atoms with Crippen molar-refractivity contribution in [1.29, 1.82) is 0 Å². The molecule has 0 spiro atoms. The summed E-state index contributed by atoms with van der Waals surface area (Å²) in [6.07, 6.45) is 3.68. The quantitative estimate of drug-likeness (QED) is 0.262. The van der Waals surface area contributed by atoms with E-state index < -0.39 is 11.5 Å². The fourth-order valence-corrected chi connectivity index (χ4v) is 12.0. The third-order valence-electron chi connectivity index (χ3n) is 1.81. The van der Waals surface area contributed by atoms with Gasteiger partial charge in [-0.2, -0.15) is 0 Å². The van der Waals surface area contributed by atoms with Crippen LogP contribution in [0.4, 0.5) is 0 Å². The molecule has 0 aromatic heterocycles. The minimum Gasteiger partial charge on any atom is -0.784 e. The van der Waals surface area contributed by atoms with Gasteiger partial charge in [-0.1, -0.05) is 27.7 Å². The maximum atomic E-state index is 11.1. The second-order valence-corrected chi connectivity index (χ2v) is 18.9. The van der Waals surface area contributed by atoms with Gasteiger partial charge >= 0.3 is 19.5 Å². The van der Waals surface area contributed by atoms with Gasteiger partial charge < -0.3 is 18.9 Å². The maximum absolute atomic E-state index is 11.1. The van der Waals surface area contributed by atoms with Crippen LogP contribution in [0, 0.1) is 0 Å². The van der Waals surface area contributed by atoms with Crippen LogP contribution in [-0.2, 0) is 28.6 Å². The first-order valence-electron chi connectivity index (χ1n) is 7.44. The first kappa shape index (κ1) is 30.1. The Morgan fingerprint density at radius 2 is 0.783 bits per heavy atom. The first-order valence-corrected chi connectivity index (χ1v) is 17.1. The van der Waals surface area contributed by atoms with Crippen LogP contribution in [0.2, 0.25) is 0 Å². The van der Waals surface area contributed by atoms with Crippen LogP contribution in [-0.4, -0.2) is 23.0 Å². The van der Waals surface area contributed by atoms with Crippen molar-refractivity contribution in [2.24, 2.45) is 0 Å². The Bertz CT molecular complexity index is 295. The summed E-state index contributed by atoms with van der Waals surface area (Å²) < 4.78 is 22.2. The molecule has 0 atom stereocenters. The smallest absolute Gasteiger partial charge is 0.784 e. The Balaban J connectivity index is -0.000000333. The molecule has 0 saturated carbocycles. The fourth-order valence-electron chi connectivity index (χ4n) is 0.887. The van der Waals surface area contributed by atoms with Crippen molar-refractivity contribution in [3.63, 3.8) is 0 Å². The molecule has 4 nitrogen and oxygen atoms in total. The zero-order valence-electron chi connectivity index (χ0n) is 14.5. The summed E-state index contributed by atoms with van der Waals surface area (Å²) in [5.41, 5.74) is 0. The van der Waals surface area contributed by atoms with E-state index in [9.17, 15) is 18.9 Å². The number of hydrogen-bond acceptors (Lipinski definition) is 8. The SMILES string of the molecule is CCCSP(=O)([O-])SCCC.CCCSP(=O)([O-])SCCC.[Zn+2]. The number of hydrogen-bond donors (Lipinski definition) is 0. The second-order valence-electron chi connectivity index (χ2n) is 4.23. The van der Waals surface area contributed by atoms with E-state index in [-0.39, 0.29) is 19.5 Å². The molecule has 0 rings (SSSR count). The molecular formula is C12H28O4P2S4Zn. The summed E-state index contributed by atoms with van der Waals surface area (Å²) in [6.45, 7) is 7.93. The van der Waals surface area contributed by atoms with E-state index in [0.29, 0.717) is 0 Å². The van der Waals surface area contributed by atoms with Gasteiger partial charge in [0.1, 0.15) is 11.5 Å². The minimum atomic E-state index is -3.14. The number of rotatable bonds is 12. The first-order chi connectivity index (χ1) is 10.2. The van der Waals surface area contributed by atoms with Crippen LogP contribution in [0.3, 0.4) is 0 Å². The third kappa shape index (κ3) is 24.4. The van der Waals surface area contributed by atoms with E-state index in [1.807, 2.05) is 27.7 Å². The molecule has 136 valence electrons. The predicted octanol–water partition coefficient (Wildman–Crippen LogP) is 5.48. The molecule has 0 aliphatic carbocycles. The normalized spacial score (nSPS) is 11.4. The van der Waals surface area contributed by atoms with Crippen molar-refractivity contribution in [3.8, 4) is 0 Å². The van der Waals surface area contributed by atoms with Gasteiger partial charge in [-0.05, 0) is 48.7 Å². The van der Waals surface area contributed by atoms with Crippen LogP contribution < -0.4 is 9.79 Å². The van der Waals surface area contributed by atoms with E-state index in [1.165, 1.54) is 0 Å². The molecule has 0 aliphatic heterocycles. The Labute approximate surface area is 170 Å². The molecule has 23 heavy (non-hydrogen) atoms. The molecule has 11 heteroatoms. The molecule has 0 fully saturated rings. The van der Waals surface area contributed by atoms with Gasteiger partial charge in [0, 0.05) is 0 Å². The van der Waals surface area contributed by atoms with Crippen molar-refractivity contribution in [1.82, 2.24) is 0 Å². The van der Waals surface area contributed by atoms with Crippen molar-refractivity contribution in [2.45, 2.75) is 53.4 Å². The largest absolute Gasteiger partial charge is 2.00 e. The monoisotopic (exact) mass is 490 g/mol. The zero-order valence-corrected chi connectivity index (χ0v) is 22.5. The summed E-state index contributed by atoms with van der Waals surface area (Å²) in [6, 6.07) is 0. The average molecular weight is 492 g/mol. The Morgan fingerprint density at radius 3 is 0.913 bits per heavy atom. The predicted molar refractivity (Wildman–Crippen MR) is 106 cm³/mol. The molecule has 0 aromatic rings. The van der Waals surface area contributed by atoms with E-state index in [0.717, 1.165) is 94.2 Å². The topological polar surface area (TPSA) is 80.3 Å². The van der Waals surface area contributed by atoms with Crippen LogP contribution >= 0.6 is 57.1 Å². The van der Waals surface area contributed by atoms with Crippen LogP contribution in [0.1, 0.15) is 53.4 Å². The minimum absolute atomic E-state index is 0. The van der Waals surface area contributed by atoms with Crippen LogP contribution in [0.15, 0.2) is 0 Å². The Morgan fingerprint density at radius 1 is 0.609 bits per heavy atom. The summed E-state index contributed by atoms with van der Waals surface area (Å²) in [7, 11) is 0. The van der Waals surface area contributed by atoms with Crippen molar-refractivity contribution in [2.75, 3.05) is 23.0 Å². The zero-order chi connectivity index (χ0) is 17.5. The van der Waals surface area contributed by atoms with Gasteiger partial charge in [-0.3, -0.25) is 0 Å². The molecule has 0 radical (unpaired) electrons. The molecule has 0 N–H and O–H groups in total. The van der Waals surface area contributed by atoms with Crippen LogP contribution in [0.5, 0.6) is 0 Å². The van der Waals surface area contributed by atoms with E-state index in [1.54, 1.807) is 0 Å². The van der Waals surface area contributed by atoms with Crippen LogP contribution in [0.25, 0.3) is 0 Å². The van der Waals surface area contributed by atoms with Gasteiger partial charge in [0.15, 0.2) is 0 Å². The summed E-state index contributed by atoms with van der Waals surface area (Å²) in [5, 5.41) is 0. The fraction of sp³-hybridized carbons (Fsp3) is 1.00. The van der Waals surface area contributed by atoms with Crippen molar-refractivity contribution in [3.05, 3.63) is 0 Å². The van der Waals surface area contributed by atoms with Gasteiger partial charge in [0.05, 0.1) is 0 Å².